The summed E-state index contributed by atoms with van der Waals surface area (Å²) in [5, 5.41) is 0.443. The van der Waals surface area contributed by atoms with E-state index in [1.807, 2.05) is 0 Å². The number of ether oxygens (including phenoxy) is 2. The predicted molar refractivity (Wildman–Crippen MR) is 116 cm³/mol. The van der Waals surface area contributed by atoms with Crippen molar-refractivity contribution >= 4 is 22.7 Å². The van der Waals surface area contributed by atoms with Gasteiger partial charge in [-0.2, -0.15) is 11.8 Å². The van der Waals surface area contributed by atoms with Gasteiger partial charge in [-0.1, -0.05) is 26.2 Å². The normalized spacial score (nSPS) is 18.8. The Balaban J connectivity index is 1.70. The smallest absolute Gasteiger partial charge is 0.261 e. The van der Waals surface area contributed by atoms with Crippen LogP contribution in [0.1, 0.15) is 65.1 Å². The molecule has 1 saturated heterocycles. The fraction of sp³-hybridized carbons (Fsp3) is 0.636. The second kappa shape index (κ2) is 9.94. The molecule has 3 rings (SSSR count). The zero-order valence-corrected chi connectivity index (χ0v) is 18.4. The van der Waals surface area contributed by atoms with Gasteiger partial charge in [0, 0.05) is 24.0 Å². The van der Waals surface area contributed by atoms with Gasteiger partial charge in [0.25, 0.3) is 5.56 Å². The van der Waals surface area contributed by atoms with E-state index in [9.17, 15) is 9.18 Å². The molecule has 160 valence electrons. The Labute approximate surface area is 175 Å². The molecule has 1 aliphatic heterocycles. The van der Waals surface area contributed by atoms with Crippen molar-refractivity contribution in [2.75, 3.05) is 13.2 Å². The first-order valence-corrected chi connectivity index (χ1v) is 11.5. The number of benzene rings is 1. The van der Waals surface area contributed by atoms with Gasteiger partial charge in [-0.25, -0.2) is 9.37 Å². The summed E-state index contributed by atoms with van der Waals surface area (Å²) < 4.78 is 25.9. The third-order valence-electron chi connectivity index (χ3n) is 5.16. The minimum absolute atomic E-state index is 0.00992. The molecule has 1 aliphatic rings. The van der Waals surface area contributed by atoms with Crippen molar-refractivity contribution < 1.29 is 13.9 Å². The number of hydrogen-bond acceptors (Lipinski definition) is 5. The number of H-pyrrole nitrogens is 1. The topological polar surface area (TPSA) is 64.2 Å². The average Bonchev–Trinajstić information content (AvgIpc) is 2.65. The summed E-state index contributed by atoms with van der Waals surface area (Å²) in [6.45, 7) is 7.64. The molecule has 1 aromatic heterocycles. The van der Waals surface area contributed by atoms with Gasteiger partial charge in [0.15, 0.2) is 0 Å². The Morgan fingerprint density at radius 2 is 2.17 bits per heavy atom. The monoisotopic (exact) mass is 422 g/mol. The summed E-state index contributed by atoms with van der Waals surface area (Å²) in [5.41, 5.74) is -0.211. The highest BCUT2D eigenvalue weighted by Gasteiger charge is 2.29. The summed E-state index contributed by atoms with van der Waals surface area (Å²) in [6.07, 6.45) is 6.28. The number of aromatic nitrogens is 2. The lowest BCUT2D eigenvalue weighted by molar-refractivity contribution is -0.0485. The fourth-order valence-corrected chi connectivity index (χ4v) is 4.95. The van der Waals surface area contributed by atoms with Crippen molar-refractivity contribution in [2.24, 2.45) is 0 Å². The Bertz CT molecular complexity index is 884. The van der Waals surface area contributed by atoms with E-state index in [1.165, 1.54) is 6.07 Å². The van der Waals surface area contributed by atoms with Crippen LogP contribution < -0.4 is 10.3 Å². The quantitative estimate of drug-likeness (QED) is 0.562. The van der Waals surface area contributed by atoms with E-state index in [2.05, 4.69) is 30.7 Å². The van der Waals surface area contributed by atoms with Crippen LogP contribution in [0.3, 0.4) is 0 Å². The third kappa shape index (κ3) is 6.19. The van der Waals surface area contributed by atoms with Crippen LogP contribution in [0.5, 0.6) is 5.75 Å². The lowest BCUT2D eigenvalue weighted by atomic mass is 9.98. The van der Waals surface area contributed by atoms with Gasteiger partial charge in [-0.15, -0.1) is 0 Å². The Hall–Kier alpha value is -1.60. The second-order valence-corrected chi connectivity index (χ2v) is 9.54. The first kappa shape index (κ1) is 22.1. The molecule has 0 radical (unpaired) electrons. The zero-order valence-electron chi connectivity index (χ0n) is 17.6. The number of nitrogens with one attached hydrogen (secondary N) is 1. The number of halogens is 1. The van der Waals surface area contributed by atoms with Gasteiger partial charge in [0.05, 0.1) is 23.5 Å². The number of rotatable bonds is 9. The Kier molecular flexibility index (Phi) is 7.57. The third-order valence-corrected chi connectivity index (χ3v) is 6.47. The maximum Gasteiger partial charge on any atom is 0.261 e. The van der Waals surface area contributed by atoms with E-state index in [4.69, 9.17) is 9.47 Å². The molecule has 0 saturated carbocycles. The first-order valence-electron chi connectivity index (χ1n) is 10.5. The molecule has 0 aliphatic carbocycles. The number of thioether (sulfide) groups is 1. The molecule has 0 bridgehead atoms. The van der Waals surface area contributed by atoms with E-state index < -0.39 is 11.4 Å². The number of unbranched alkanes of at least 4 members (excludes halogenated alkanes) is 3. The SMILES string of the molecule is CCCCCCOc1cc(F)c2c(=O)[nH]c(CSC3CCOC(C)(C)C3)nc2c1. The fourth-order valence-electron chi connectivity index (χ4n) is 3.63. The molecule has 7 heteroatoms. The molecule has 2 aromatic rings. The highest BCUT2D eigenvalue weighted by molar-refractivity contribution is 7.99. The second-order valence-electron chi connectivity index (χ2n) is 8.25. The number of hydrogen-bond donors (Lipinski definition) is 1. The molecule has 1 aromatic carbocycles. The minimum Gasteiger partial charge on any atom is -0.493 e. The Morgan fingerprint density at radius 3 is 2.93 bits per heavy atom. The molecular formula is C22H31FN2O3S. The van der Waals surface area contributed by atoms with Gasteiger partial charge >= 0.3 is 0 Å². The molecule has 2 heterocycles. The van der Waals surface area contributed by atoms with Gasteiger partial charge in [-0.05, 0) is 33.1 Å². The summed E-state index contributed by atoms with van der Waals surface area (Å²) in [6, 6.07) is 2.94. The molecule has 1 N–H and O–H groups in total. The van der Waals surface area contributed by atoms with E-state index in [0.29, 0.717) is 34.7 Å². The number of nitrogens with zero attached hydrogens (tertiary/aromatic N) is 1. The highest BCUT2D eigenvalue weighted by Crippen LogP contribution is 2.33. The molecule has 1 atom stereocenters. The van der Waals surface area contributed by atoms with Gasteiger partial charge in [-0.3, -0.25) is 4.79 Å². The van der Waals surface area contributed by atoms with Crippen LogP contribution in [0, 0.1) is 5.82 Å². The zero-order chi connectivity index (χ0) is 20.9. The van der Waals surface area contributed by atoms with Crippen LogP contribution in [0.15, 0.2) is 16.9 Å². The summed E-state index contributed by atoms with van der Waals surface area (Å²) >= 11 is 1.76. The number of aromatic amines is 1. The van der Waals surface area contributed by atoms with Crippen molar-refractivity contribution in [3.05, 3.63) is 34.1 Å². The maximum atomic E-state index is 14.5. The van der Waals surface area contributed by atoms with Crippen molar-refractivity contribution in [2.45, 2.75) is 75.9 Å². The van der Waals surface area contributed by atoms with Crippen LogP contribution in [-0.4, -0.2) is 34.0 Å². The minimum atomic E-state index is -0.592. The van der Waals surface area contributed by atoms with E-state index in [1.54, 1.807) is 17.8 Å². The van der Waals surface area contributed by atoms with Crippen molar-refractivity contribution in [3.8, 4) is 5.75 Å². The lowest BCUT2D eigenvalue weighted by Crippen LogP contribution is -2.35. The van der Waals surface area contributed by atoms with Crippen LogP contribution in [-0.2, 0) is 10.5 Å². The van der Waals surface area contributed by atoms with Crippen molar-refractivity contribution in [3.63, 3.8) is 0 Å². The molecule has 1 unspecified atom stereocenters. The van der Waals surface area contributed by atoms with E-state index in [-0.39, 0.29) is 11.0 Å². The highest BCUT2D eigenvalue weighted by atomic mass is 32.2. The summed E-state index contributed by atoms with van der Waals surface area (Å²) in [7, 11) is 0. The van der Waals surface area contributed by atoms with E-state index in [0.717, 1.165) is 45.1 Å². The summed E-state index contributed by atoms with van der Waals surface area (Å²) in [5.74, 6) is 0.978. The van der Waals surface area contributed by atoms with Crippen LogP contribution in [0.25, 0.3) is 10.9 Å². The largest absolute Gasteiger partial charge is 0.493 e. The van der Waals surface area contributed by atoms with E-state index >= 15 is 0 Å². The molecule has 1 fully saturated rings. The molecule has 0 amide bonds. The van der Waals surface area contributed by atoms with Crippen molar-refractivity contribution in [1.29, 1.82) is 0 Å². The van der Waals surface area contributed by atoms with Gasteiger partial charge in [0.2, 0.25) is 0 Å². The van der Waals surface area contributed by atoms with Gasteiger partial charge in [0.1, 0.15) is 22.8 Å². The predicted octanol–water partition coefficient (Wildman–Crippen LogP) is 5.21. The average molecular weight is 423 g/mol. The van der Waals surface area contributed by atoms with Crippen LogP contribution in [0.2, 0.25) is 0 Å². The molecule has 29 heavy (non-hydrogen) atoms. The van der Waals surface area contributed by atoms with Crippen LogP contribution >= 0.6 is 11.8 Å². The van der Waals surface area contributed by atoms with Crippen molar-refractivity contribution in [1.82, 2.24) is 9.97 Å². The molecule has 5 nitrogen and oxygen atoms in total. The Morgan fingerprint density at radius 1 is 1.34 bits per heavy atom. The van der Waals surface area contributed by atoms with Crippen LogP contribution in [0.4, 0.5) is 4.39 Å². The standard InChI is InChI=1S/C22H31FN2O3S/c1-4-5-6-7-9-27-15-11-17(23)20-18(12-15)24-19(25-21(20)26)14-29-16-8-10-28-22(2,3)13-16/h11-12,16H,4-10,13-14H2,1-3H3,(H,24,25,26). The molecular weight excluding hydrogens is 391 g/mol. The number of fused-ring (bicyclic) bond motifs is 1. The summed E-state index contributed by atoms with van der Waals surface area (Å²) in [4.78, 5) is 19.7. The first-order chi connectivity index (χ1) is 13.9. The molecule has 0 spiro atoms. The lowest BCUT2D eigenvalue weighted by Gasteiger charge is -2.35. The maximum absolute atomic E-state index is 14.5. The van der Waals surface area contributed by atoms with Gasteiger partial charge < -0.3 is 14.5 Å².